The third-order valence-electron chi connectivity index (χ3n) is 14.7. The lowest BCUT2D eigenvalue weighted by Crippen LogP contribution is -2.68. The van der Waals surface area contributed by atoms with Crippen molar-refractivity contribution in [3.63, 3.8) is 0 Å². The maximum atomic E-state index is 14.7. The van der Waals surface area contributed by atoms with E-state index in [2.05, 4.69) is 6.58 Å². The molecule has 6 aromatic carbocycles. The van der Waals surface area contributed by atoms with Gasteiger partial charge in [-0.2, -0.15) is 0 Å². The van der Waals surface area contributed by atoms with Gasteiger partial charge < -0.3 is 80.5 Å². The number of ether oxygens (including phenoxy) is 17. The Balaban J connectivity index is 1.21. The largest absolute Gasteiger partial charge is 0.467 e. The van der Waals surface area contributed by atoms with E-state index in [1.165, 1.54) is 39.5 Å². The molecule has 3 aliphatic heterocycles. The lowest BCUT2D eigenvalue weighted by Gasteiger charge is -2.51. The highest BCUT2D eigenvalue weighted by molar-refractivity contribution is 5.91. The molecule has 0 aromatic heterocycles. The van der Waals surface area contributed by atoms with Gasteiger partial charge in [0, 0.05) is 14.2 Å². The lowest BCUT2D eigenvalue weighted by molar-refractivity contribution is -0.400. The van der Waals surface area contributed by atoms with E-state index in [1.807, 2.05) is 91.0 Å². The van der Waals surface area contributed by atoms with Crippen molar-refractivity contribution in [1.29, 1.82) is 0 Å². The van der Waals surface area contributed by atoms with Crippen LogP contribution in [0.5, 0.6) is 0 Å². The summed E-state index contributed by atoms with van der Waals surface area (Å²) in [6.07, 6.45) is -20.1. The molecule has 3 fully saturated rings. The Morgan fingerprint density at radius 1 is 0.427 bits per heavy atom. The van der Waals surface area contributed by atoms with E-state index >= 15 is 0 Å². The first-order valence-corrected chi connectivity index (χ1v) is 29.1. The molecule has 0 N–H and O–H groups in total. The Morgan fingerprint density at radius 3 is 1.33 bits per heavy atom. The third-order valence-corrected chi connectivity index (χ3v) is 14.7. The summed E-state index contributed by atoms with van der Waals surface area (Å²) in [5.74, 6) is -3.37. The van der Waals surface area contributed by atoms with Crippen LogP contribution in [0.15, 0.2) is 195 Å². The van der Waals surface area contributed by atoms with Crippen LogP contribution in [0.3, 0.4) is 0 Å². The summed E-state index contributed by atoms with van der Waals surface area (Å²) < 4.78 is 110. The molecule has 89 heavy (non-hydrogen) atoms. The summed E-state index contributed by atoms with van der Waals surface area (Å²) in [6.45, 7) is 4.62. The van der Waals surface area contributed by atoms with Crippen molar-refractivity contribution >= 4 is 23.9 Å². The Labute approximate surface area is 516 Å². The molecule has 0 aliphatic carbocycles. The van der Waals surface area contributed by atoms with Crippen LogP contribution in [0.25, 0.3) is 0 Å². The molecule has 9 rings (SSSR count). The van der Waals surface area contributed by atoms with Gasteiger partial charge in [0.2, 0.25) is 0 Å². The third kappa shape index (κ3) is 17.9. The molecule has 21 heteroatoms. The number of methoxy groups -OCH3 is 3. The van der Waals surface area contributed by atoms with Crippen LogP contribution in [0.2, 0.25) is 0 Å². The van der Waals surface area contributed by atoms with E-state index in [-0.39, 0.29) is 63.3 Å². The van der Waals surface area contributed by atoms with Gasteiger partial charge in [-0.1, -0.05) is 152 Å². The Bertz CT molecular complexity index is 3090. The van der Waals surface area contributed by atoms with Gasteiger partial charge in [0.05, 0.1) is 62.9 Å². The highest BCUT2D eigenvalue weighted by Gasteiger charge is 2.59. The average Bonchev–Trinajstić information content (AvgIpc) is 1.07. The summed E-state index contributed by atoms with van der Waals surface area (Å²) in [4.78, 5) is 57.1. The molecule has 0 bridgehead atoms. The minimum absolute atomic E-state index is 0.0298. The minimum atomic E-state index is -1.77. The predicted octanol–water partition coefficient (Wildman–Crippen LogP) is 8.37. The highest BCUT2D eigenvalue weighted by atomic mass is 16.8. The zero-order chi connectivity index (χ0) is 62.3. The smallest absolute Gasteiger partial charge is 0.338 e. The molecule has 3 heterocycles. The number of carbonyl (C=O) groups is 4. The second kappa shape index (κ2) is 33.8. The molecule has 3 saturated heterocycles. The molecule has 15 atom stereocenters. The topological polar surface area (TPSA) is 225 Å². The van der Waals surface area contributed by atoms with E-state index < -0.39 is 116 Å². The number of rotatable bonds is 30. The van der Waals surface area contributed by atoms with Gasteiger partial charge in [0.1, 0.15) is 56.3 Å². The maximum absolute atomic E-state index is 14.7. The number of hydrogen-bond donors (Lipinski definition) is 0. The van der Waals surface area contributed by atoms with Crippen molar-refractivity contribution in [1.82, 2.24) is 0 Å². The Morgan fingerprint density at radius 2 is 0.843 bits per heavy atom. The fraction of sp³-hybridized carbons (Fsp3) is 0.382. The monoisotopic (exact) mass is 1230 g/mol. The first-order chi connectivity index (χ1) is 43.6. The standard InChI is InChI=1S/C68H74O21/c1-6-37-77-66-59(56(81-43-74-4)55(80-42-73-3)58(87-66)65(72)75-5)88-68-60(54(79-40-47-29-17-9-18-30-47)53(78-39-46-27-15-8-16-28-46)51(83-68)41-76-38-45-25-13-7-14-26-45)89-67-61(86-64(71)50-35-23-12-24-36-50)57(85-63(70)49-33-21-11-22-34-49)52(44(2)82-67)84-62(69)48-31-19-10-20-32-48/h6-36,44,51-61,66-68H,1,37-43H2,2-5H3/t44-,51+,52-,53-,54-,55-,56-,57+,58-,59+,60+,61+,66+,67-,68-/m0/s1. The van der Waals surface area contributed by atoms with Crippen LogP contribution < -0.4 is 0 Å². The van der Waals surface area contributed by atoms with E-state index in [0.29, 0.717) is 0 Å². The van der Waals surface area contributed by atoms with Gasteiger partial charge >= 0.3 is 23.9 Å². The van der Waals surface area contributed by atoms with E-state index in [9.17, 15) is 19.2 Å². The van der Waals surface area contributed by atoms with Gasteiger partial charge in [0.15, 0.2) is 43.3 Å². The molecular weight excluding hydrogens is 1150 g/mol. The SMILES string of the molecule is C=CCO[C@@H]1O[C@H](C(=O)OC)[C@@H](OCOC)[C@H](OCOC)[C@H]1O[C@@H]1O[C@H](COCc2ccccc2)[C@H](OCc2ccccc2)[C@H](OCc2ccccc2)[C@H]1O[C@@H]1O[C@@H](C)[C@H](OC(=O)c2ccccc2)[C@@H](OC(=O)c2ccccc2)[C@H]1OC(=O)c1ccccc1. The van der Waals surface area contributed by atoms with Crippen molar-refractivity contribution < 1.29 is 99.7 Å². The molecule has 21 nitrogen and oxygen atoms in total. The van der Waals surface area contributed by atoms with Crippen LogP contribution in [-0.2, 0) is 105 Å². The second-order valence-electron chi connectivity index (χ2n) is 20.8. The molecule has 472 valence electrons. The first kappa shape index (κ1) is 65.9. The summed E-state index contributed by atoms with van der Waals surface area (Å²) >= 11 is 0. The van der Waals surface area contributed by atoms with Crippen LogP contribution in [-0.4, -0.2) is 164 Å². The van der Waals surface area contributed by atoms with Gasteiger partial charge in [-0.15, -0.1) is 6.58 Å². The zero-order valence-electron chi connectivity index (χ0n) is 49.8. The quantitative estimate of drug-likeness (QED) is 0.0179. The summed E-state index contributed by atoms with van der Waals surface area (Å²) in [7, 11) is 4.00. The number of carbonyl (C=O) groups excluding carboxylic acids is 4. The molecule has 0 amide bonds. The first-order valence-electron chi connectivity index (χ1n) is 29.1. The van der Waals surface area contributed by atoms with E-state index in [4.69, 9.17) is 80.5 Å². The summed E-state index contributed by atoms with van der Waals surface area (Å²) in [6, 6.07) is 52.8. The van der Waals surface area contributed by atoms with Crippen molar-refractivity contribution in [2.75, 3.05) is 48.1 Å². The number of esters is 4. The average molecular weight is 1230 g/mol. The fourth-order valence-corrected chi connectivity index (χ4v) is 10.4. The summed E-state index contributed by atoms with van der Waals surface area (Å²) in [5, 5.41) is 0. The van der Waals surface area contributed by atoms with Crippen LogP contribution >= 0.6 is 0 Å². The van der Waals surface area contributed by atoms with Crippen LogP contribution in [0.1, 0.15) is 54.7 Å². The molecule has 0 radical (unpaired) electrons. The van der Waals surface area contributed by atoms with Gasteiger partial charge in [-0.25, -0.2) is 19.2 Å². The predicted molar refractivity (Wildman–Crippen MR) is 316 cm³/mol. The maximum Gasteiger partial charge on any atom is 0.338 e. The van der Waals surface area contributed by atoms with Gasteiger partial charge in [-0.3, -0.25) is 0 Å². The lowest BCUT2D eigenvalue weighted by atomic mass is 9.95. The molecule has 6 aromatic rings. The van der Waals surface area contributed by atoms with Gasteiger partial charge in [-0.05, 0) is 60.0 Å². The van der Waals surface area contributed by atoms with Crippen LogP contribution in [0.4, 0.5) is 0 Å². The Kier molecular flexibility index (Phi) is 25.0. The van der Waals surface area contributed by atoms with E-state index in [0.717, 1.165) is 16.7 Å². The van der Waals surface area contributed by atoms with Gasteiger partial charge in [0.25, 0.3) is 0 Å². The summed E-state index contributed by atoms with van der Waals surface area (Å²) in [5.41, 5.74) is 2.83. The molecule has 0 unspecified atom stereocenters. The normalized spacial score (nSPS) is 26.7. The number of hydrogen-bond acceptors (Lipinski definition) is 21. The second-order valence-corrected chi connectivity index (χ2v) is 20.8. The zero-order valence-corrected chi connectivity index (χ0v) is 49.8. The number of benzene rings is 6. The molecule has 0 saturated carbocycles. The Hall–Kier alpha value is -7.58. The fourth-order valence-electron chi connectivity index (χ4n) is 10.4. The minimum Gasteiger partial charge on any atom is -0.467 e. The molecular formula is C68H74O21. The highest BCUT2D eigenvalue weighted by Crippen LogP contribution is 2.39. The van der Waals surface area contributed by atoms with Crippen molar-refractivity contribution in [3.05, 3.63) is 228 Å². The van der Waals surface area contributed by atoms with Crippen molar-refractivity contribution in [3.8, 4) is 0 Å². The van der Waals surface area contributed by atoms with E-state index in [1.54, 1.807) is 85.8 Å². The van der Waals surface area contributed by atoms with Crippen molar-refractivity contribution in [2.24, 2.45) is 0 Å². The molecule has 3 aliphatic rings. The molecule has 0 spiro atoms. The van der Waals surface area contributed by atoms with Crippen molar-refractivity contribution in [2.45, 2.75) is 119 Å². The van der Waals surface area contributed by atoms with Crippen LogP contribution in [0, 0.1) is 0 Å².